The number of hydrogen-bond donors (Lipinski definition) is 1. The van der Waals surface area contributed by atoms with Crippen molar-refractivity contribution in [2.45, 2.75) is 64.8 Å². The number of nitrogens with one attached hydrogen (secondary N) is 1. The van der Waals surface area contributed by atoms with Gasteiger partial charge in [0.2, 0.25) is 0 Å². The summed E-state index contributed by atoms with van der Waals surface area (Å²) in [7, 11) is 0. The fraction of sp³-hybridized carbons (Fsp3) is 0.647. The molecule has 0 aliphatic carbocycles. The summed E-state index contributed by atoms with van der Waals surface area (Å²) in [6.07, 6.45) is 10.8. The molecule has 1 aliphatic rings. The highest BCUT2D eigenvalue weighted by Gasteiger charge is 2.08. The van der Waals surface area contributed by atoms with Crippen molar-refractivity contribution in [2.75, 3.05) is 6.54 Å². The summed E-state index contributed by atoms with van der Waals surface area (Å²) in [4.78, 5) is 0. The zero-order valence-electron chi connectivity index (χ0n) is 11.8. The number of unbranched alkanes of at least 4 members (excludes halogenated alkanes) is 5. The fourth-order valence-electron chi connectivity index (χ4n) is 2.80. The Balaban J connectivity index is 1.72. The second-order valence-corrected chi connectivity index (χ2v) is 5.55. The van der Waals surface area contributed by atoms with E-state index in [1.54, 1.807) is 11.1 Å². The third-order valence-electron chi connectivity index (χ3n) is 3.98. The van der Waals surface area contributed by atoms with Gasteiger partial charge in [-0.3, -0.25) is 0 Å². The Bertz CT molecular complexity index is 357. The van der Waals surface area contributed by atoms with E-state index in [2.05, 4.69) is 30.4 Å². The Morgan fingerprint density at radius 1 is 1.00 bits per heavy atom. The Kier molecular flexibility index (Phi) is 5.73. The molecule has 1 heteroatoms. The van der Waals surface area contributed by atoms with Gasteiger partial charge in [-0.1, -0.05) is 57.2 Å². The minimum Gasteiger partial charge on any atom is -0.312 e. The Morgan fingerprint density at radius 2 is 1.83 bits per heavy atom. The quantitative estimate of drug-likeness (QED) is 0.709. The normalized spacial score (nSPS) is 14.5. The summed E-state index contributed by atoms with van der Waals surface area (Å²) < 4.78 is 0. The molecule has 0 radical (unpaired) electrons. The van der Waals surface area contributed by atoms with E-state index in [4.69, 9.17) is 0 Å². The lowest BCUT2D eigenvalue weighted by Crippen LogP contribution is -2.23. The lowest BCUT2D eigenvalue weighted by atomic mass is 9.96. The van der Waals surface area contributed by atoms with E-state index in [1.165, 1.54) is 56.9 Å². The van der Waals surface area contributed by atoms with Crippen molar-refractivity contribution in [3.63, 3.8) is 0 Å². The Morgan fingerprint density at radius 3 is 2.72 bits per heavy atom. The summed E-state index contributed by atoms with van der Waals surface area (Å²) in [5.74, 6) is 0. The second kappa shape index (κ2) is 7.58. The molecular formula is C17H27N. The van der Waals surface area contributed by atoms with Gasteiger partial charge in [-0.05, 0) is 42.5 Å². The molecule has 1 aliphatic heterocycles. The minimum atomic E-state index is 1.06. The van der Waals surface area contributed by atoms with E-state index in [9.17, 15) is 0 Å². The molecule has 0 aromatic heterocycles. The number of hydrogen-bond acceptors (Lipinski definition) is 1. The molecule has 0 saturated heterocycles. The average molecular weight is 245 g/mol. The fourth-order valence-corrected chi connectivity index (χ4v) is 2.80. The first-order valence-electron chi connectivity index (χ1n) is 7.71. The van der Waals surface area contributed by atoms with Gasteiger partial charge in [0.25, 0.3) is 0 Å². The van der Waals surface area contributed by atoms with Crippen molar-refractivity contribution in [3.8, 4) is 0 Å². The molecular weight excluding hydrogens is 218 g/mol. The van der Waals surface area contributed by atoms with Gasteiger partial charge in [-0.2, -0.15) is 0 Å². The monoisotopic (exact) mass is 245 g/mol. The molecule has 0 fully saturated rings. The molecule has 0 atom stereocenters. The van der Waals surface area contributed by atoms with Crippen LogP contribution in [0, 0.1) is 0 Å². The van der Waals surface area contributed by atoms with E-state index in [0.29, 0.717) is 0 Å². The third-order valence-corrected chi connectivity index (χ3v) is 3.98. The van der Waals surface area contributed by atoms with Crippen molar-refractivity contribution < 1.29 is 0 Å². The zero-order chi connectivity index (χ0) is 12.6. The summed E-state index contributed by atoms with van der Waals surface area (Å²) in [6.45, 7) is 4.49. The van der Waals surface area contributed by atoms with Crippen molar-refractivity contribution in [1.29, 1.82) is 0 Å². The van der Waals surface area contributed by atoms with Crippen LogP contribution in [-0.4, -0.2) is 6.54 Å². The van der Waals surface area contributed by atoms with Crippen molar-refractivity contribution >= 4 is 0 Å². The highest BCUT2D eigenvalue weighted by Crippen LogP contribution is 2.17. The van der Waals surface area contributed by atoms with Crippen LogP contribution in [0.4, 0.5) is 0 Å². The largest absolute Gasteiger partial charge is 0.312 e. The maximum Gasteiger partial charge on any atom is 0.0208 e. The maximum absolute atomic E-state index is 3.43. The van der Waals surface area contributed by atoms with Gasteiger partial charge in [0.05, 0.1) is 0 Å². The number of rotatable bonds is 7. The second-order valence-electron chi connectivity index (χ2n) is 5.55. The minimum absolute atomic E-state index is 1.06. The van der Waals surface area contributed by atoms with E-state index < -0.39 is 0 Å². The predicted octanol–water partition coefficient (Wildman–Crippen LogP) is 4.24. The summed E-state index contributed by atoms with van der Waals surface area (Å²) in [5, 5.41) is 3.43. The summed E-state index contributed by atoms with van der Waals surface area (Å²) in [6, 6.07) is 7.11. The molecule has 1 aromatic carbocycles. The standard InChI is InChI=1S/C17H27N/c1-2-3-4-5-6-7-8-15-9-10-17-14-18-12-11-16(17)13-15/h9-10,13,18H,2-8,11-12,14H2,1H3. The maximum atomic E-state index is 3.43. The Labute approximate surface area is 112 Å². The van der Waals surface area contributed by atoms with Crippen LogP contribution in [0.5, 0.6) is 0 Å². The third kappa shape index (κ3) is 4.13. The van der Waals surface area contributed by atoms with Gasteiger partial charge in [-0.25, -0.2) is 0 Å². The molecule has 18 heavy (non-hydrogen) atoms. The first kappa shape index (κ1) is 13.6. The SMILES string of the molecule is CCCCCCCCc1ccc2c(c1)CCNC2. The number of aryl methyl sites for hydroxylation is 1. The molecule has 0 amide bonds. The lowest BCUT2D eigenvalue weighted by Gasteiger charge is -2.17. The highest BCUT2D eigenvalue weighted by molar-refractivity contribution is 5.33. The number of benzene rings is 1. The van der Waals surface area contributed by atoms with Gasteiger partial charge in [0.1, 0.15) is 0 Å². The molecule has 1 heterocycles. The molecule has 0 saturated carbocycles. The van der Waals surface area contributed by atoms with Gasteiger partial charge in [0.15, 0.2) is 0 Å². The van der Waals surface area contributed by atoms with Crippen LogP contribution < -0.4 is 5.32 Å². The van der Waals surface area contributed by atoms with E-state index >= 15 is 0 Å². The smallest absolute Gasteiger partial charge is 0.0208 e. The lowest BCUT2D eigenvalue weighted by molar-refractivity contribution is 0.606. The molecule has 2 rings (SSSR count). The van der Waals surface area contributed by atoms with E-state index in [-0.39, 0.29) is 0 Å². The molecule has 1 N–H and O–H groups in total. The first-order valence-corrected chi connectivity index (χ1v) is 7.71. The van der Waals surface area contributed by atoms with Crippen molar-refractivity contribution in [2.24, 2.45) is 0 Å². The molecule has 1 nitrogen and oxygen atoms in total. The molecule has 0 bridgehead atoms. The number of fused-ring (bicyclic) bond motifs is 1. The molecule has 1 aromatic rings. The Hall–Kier alpha value is -0.820. The van der Waals surface area contributed by atoms with Crippen molar-refractivity contribution in [3.05, 3.63) is 34.9 Å². The molecule has 0 spiro atoms. The van der Waals surface area contributed by atoms with Gasteiger partial charge < -0.3 is 5.32 Å². The summed E-state index contributed by atoms with van der Waals surface area (Å²) >= 11 is 0. The molecule has 0 unspecified atom stereocenters. The first-order chi connectivity index (χ1) is 8.90. The van der Waals surface area contributed by atoms with Gasteiger partial charge in [-0.15, -0.1) is 0 Å². The topological polar surface area (TPSA) is 12.0 Å². The van der Waals surface area contributed by atoms with Gasteiger partial charge >= 0.3 is 0 Å². The highest BCUT2D eigenvalue weighted by atomic mass is 14.9. The zero-order valence-corrected chi connectivity index (χ0v) is 11.8. The van der Waals surface area contributed by atoms with Crippen LogP contribution in [0.2, 0.25) is 0 Å². The van der Waals surface area contributed by atoms with Crippen LogP contribution in [0.25, 0.3) is 0 Å². The van der Waals surface area contributed by atoms with Crippen LogP contribution in [0.1, 0.15) is 62.1 Å². The van der Waals surface area contributed by atoms with Gasteiger partial charge in [0, 0.05) is 6.54 Å². The van der Waals surface area contributed by atoms with Crippen molar-refractivity contribution in [1.82, 2.24) is 5.32 Å². The van der Waals surface area contributed by atoms with Crippen LogP contribution in [0.3, 0.4) is 0 Å². The molecule has 100 valence electrons. The van der Waals surface area contributed by atoms with E-state index in [1.807, 2.05) is 0 Å². The average Bonchev–Trinajstić information content (AvgIpc) is 2.42. The van der Waals surface area contributed by atoms with Crippen LogP contribution >= 0.6 is 0 Å². The summed E-state index contributed by atoms with van der Waals surface area (Å²) in [5.41, 5.74) is 4.64. The predicted molar refractivity (Wildman–Crippen MR) is 78.9 cm³/mol. The van der Waals surface area contributed by atoms with E-state index in [0.717, 1.165) is 13.1 Å². The van der Waals surface area contributed by atoms with Crippen LogP contribution in [-0.2, 0) is 19.4 Å². The van der Waals surface area contributed by atoms with Crippen LogP contribution in [0.15, 0.2) is 18.2 Å².